The lowest BCUT2D eigenvalue weighted by Crippen LogP contribution is -2.47. The first-order valence-corrected chi connectivity index (χ1v) is 8.69. The van der Waals surface area contributed by atoms with Crippen LogP contribution in [0.5, 0.6) is 0 Å². The number of amides is 1. The van der Waals surface area contributed by atoms with Crippen LogP contribution in [0.3, 0.4) is 0 Å². The van der Waals surface area contributed by atoms with Crippen molar-refractivity contribution in [3.63, 3.8) is 0 Å². The average Bonchev–Trinajstić information content (AvgIpc) is 3.11. The van der Waals surface area contributed by atoms with E-state index in [4.69, 9.17) is 9.47 Å². The molecule has 2 saturated heterocycles. The summed E-state index contributed by atoms with van der Waals surface area (Å²) < 4.78 is 24.6. The molecule has 1 spiro atoms. The minimum absolute atomic E-state index is 0.0531. The van der Waals surface area contributed by atoms with E-state index in [-0.39, 0.29) is 11.7 Å². The highest BCUT2D eigenvalue weighted by Crippen LogP contribution is 2.31. The molecule has 26 heavy (non-hydrogen) atoms. The third kappa shape index (κ3) is 3.54. The zero-order valence-electron chi connectivity index (χ0n) is 14.3. The van der Waals surface area contributed by atoms with Gasteiger partial charge in [0.2, 0.25) is 0 Å². The summed E-state index contributed by atoms with van der Waals surface area (Å²) >= 11 is 0. The van der Waals surface area contributed by atoms with Gasteiger partial charge < -0.3 is 19.7 Å². The van der Waals surface area contributed by atoms with Crippen LogP contribution in [-0.4, -0.2) is 47.9 Å². The number of anilines is 2. The third-order valence-corrected chi connectivity index (χ3v) is 4.73. The maximum absolute atomic E-state index is 13.2. The summed E-state index contributed by atoms with van der Waals surface area (Å²) in [6.07, 6.45) is 2.91. The maximum atomic E-state index is 13.2. The Morgan fingerprint density at radius 3 is 2.58 bits per heavy atom. The first kappa shape index (κ1) is 16.9. The molecule has 3 heterocycles. The van der Waals surface area contributed by atoms with Gasteiger partial charge in [0.05, 0.1) is 18.8 Å². The Hall–Kier alpha value is -2.51. The number of piperidine rings is 1. The summed E-state index contributed by atoms with van der Waals surface area (Å²) in [5.74, 6) is -0.312. The van der Waals surface area contributed by atoms with Crippen LogP contribution in [0.2, 0.25) is 0 Å². The van der Waals surface area contributed by atoms with Crippen molar-refractivity contribution in [3.8, 4) is 0 Å². The van der Waals surface area contributed by atoms with Gasteiger partial charge >= 0.3 is 0 Å². The number of benzene rings is 1. The lowest BCUT2D eigenvalue weighted by atomic mass is 10.0. The molecule has 1 aromatic carbocycles. The second-order valence-electron chi connectivity index (χ2n) is 6.47. The monoisotopic (exact) mass is 357 g/mol. The van der Waals surface area contributed by atoms with Gasteiger partial charge in [-0.2, -0.15) is 0 Å². The predicted molar refractivity (Wildman–Crippen MR) is 93.7 cm³/mol. The van der Waals surface area contributed by atoms with E-state index in [0.717, 1.165) is 0 Å². The number of rotatable bonds is 3. The van der Waals surface area contributed by atoms with E-state index in [1.165, 1.54) is 18.3 Å². The summed E-state index contributed by atoms with van der Waals surface area (Å²) in [6, 6.07) is 9.58. The molecule has 1 N–H and O–H groups in total. The third-order valence-electron chi connectivity index (χ3n) is 4.73. The highest BCUT2D eigenvalue weighted by Gasteiger charge is 2.40. The number of carbonyl (C=O) groups is 1. The van der Waals surface area contributed by atoms with Crippen molar-refractivity contribution in [1.82, 2.24) is 9.88 Å². The number of aromatic nitrogens is 1. The van der Waals surface area contributed by atoms with Crippen molar-refractivity contribution < 1.29 is 18.7 Å². The fraction of sp³-hybridized carbons (Fsp3) is 0.368. The summed E-state index contributed by atoms with van der Waals surface area (Å²) in [7, 11) is 0. The number of pyridine rings is 1. The van der Waals surface area contributed by atoms with Crippen LogP contribution >= 0.6 is 0 Å². The van der Waals surface area contributed by atoms with Crippen molar-refractivity contribution in [1.29, 1.82) is 0 Å². The van der Waals surface area contributed by atoms with Crippen LogP contribution in [0.25, 0.3) is 0 Å². The van der Waals surface area contributed by atoms with Crippen molar-refractivity contribution in [2.75, 3.05) is 31.6 Å². The predicted octanol–water partition coefficient (Wildman–Crippen LogP) is 2.94. The molecular formula is C19H20FN3O3. The lowest BCUT2D eigenvalue weighted by Gasteiger charge is -2.37. The number of nitrogens with one attached hydrogen (secondary N) is 1. The minimum atomic E-state index is -0.492. The summed E-state index contributed by atoms with van der Waals surface area (Å²) in [4.78, 5) is 18.7. The Bertz CT molecular complexity index is 781. The number of carbonyl (C=O) groups excluding carboxylic acids is 1. The molecule has 1 aromatic heterocycles. The summed E-state index contributed by atoms with van der Waals surface area (Å²) in [5.41, 5.74) is 1.13. The standard InChI is InChI=1S/C19H20FN3O3/c20-15-2-1-3-16(12-15)22-17-5-4-14(13-21-17)18(24)23-8-6-19(7-9-23)25-10-11-26-19/h1-5,12-13H,6-11H2,(H,21,22). The van der Waals surface area contributed by atoms with Crippen LogP contribution < -0.4 is 5.32 Å². The molecule has 0 radical (unpaired) electrons. The number of halogens is 1. The van der Waals surface area contributed by atoms with Crippen LogP contribution in [0.1, 0.15) is 23.2 Å². The zero-order chi connectivity index (χ0) is 18.0. The van der Waals surface area contributed by atoms with E-state index >= 15 is 0 Å². The summed E-state index contributed by atoms with van der Waals surface area (Å²) in [6.45, 7) is 2.44. The van der Waals surface area contributed by atoms with Gasteiger partial charge in [0, 0.05) is 37.8 Å². The molecule has 136 valence electrons. The topological polar surface area (TPSA) is 63.7 Å². The van der Waals surface area contributed by atoms with E-state index in [1.807, 2.05) is 0 Å². The van der Waals surface area contributed by atoms with Crippen molar-refractivity contribution in [2.45, 2.75) is 18.6 Å². The van der Waals surface area contributed by atoms with E-state index in [2.05, 4.69) is 10.3 Å². The van der Waals surface area contributed by atoms with E-state index < -0.39 is 5.79 Å². The molecule has 1 amide bonds. The smallest absolute Gasteiger partial charge is 0.255 e. The van der Waals surface area contributed by atoms with Crippen LogP contribution in [0.15, 0.2) is 42.6 Å². The fourth-order valence-corrected chi connectivity index (χ4v) is 3.33. The van der Waals surface area contributed by atoms with Gasteiger partial charge in [0.25, 0.3) is 5.91 Å². The Morgan fingerprint density at radius 1 is 1.15 bits per heavy atom. The molecule has 0 atom stereocenters. The lowest BCUT2D eigenvalue weighted by molar-refractivity contribution is -0.181. The number of ether oxygens (including phenoxy) is 2. The average molecular weight is 357 g/mol. The molecule has 2 aromatic rings. The molecule has 2 fully saturated rings. The molecule has 4 rings (SSSR count). The second kappa shape index (κ2) is 7.01. The first-order chi connectivity index (χ1) is 12.6. The van der Waals surface area contributed by atoms with Crippen molar-refractivity contribution in [2.24, 2.45) is 0 Å². The molecular weight excluding hydrogens is 337 g/mol. The SMILES string of the molecule is O=C(c1ccc(Nc2cccc(F)c2)nc1)N1CCC2(CC1)OCCO2. The number of nitrogens with zero attached hydrogens (tertiary/aromatic N) is 2. The highest BCUT2D eigenvalue weighted by atomic mass is 19.1. The first-order valence-electron chi connectivity index (χ1n) is 8.69. The van der Waals surface area contributed by atoms with Gasteiger partial charge in [-0.25, -0.2) is 9.37 Å². The molecule has 0 bridgehead atoms. The van der Waals surface area contributed by atoms with Crippen LogP contribution in [0.4, 0.5) is 15.9 Å². The van der Waals surface area contributed by atoms with Gasteiger partial charge in [-0.1, -0.05) is 6.07 Å². The minimum Gasteiger partial charge on any atom is -0.347 e. The Kier molecular flexibility index (Phi) is 4.57. The maximum Gasteiger partial charge on any atom is 0.255 e. The Balaban J connectivity index is 1.38. The van der Waals surface area contributed by atoms with E-state index in [1.54, 1.807) is 29.2 Å². The number of hydrogen-bond acceptors (Lipinski definition) is 5. The largest absolute Gasteiger partial charge is 0.347 e. The van der Waals surface area contributed by atoms with Gasteiger partial charge in [-0.05, 0) is 30.3 Å². The van der Waals surface area contributed by atoms with Crippen molar-refractivity contribution >= 4 is 17.4 Å². The molecule has 0 aliphatic carbocycles. The van der Waals surface area contributed by atoms with Gasteiger partial charge in [-0.3, -0.25) is 4.79 Å². The Morgan fingerprint density at radius 2 is 1.92 bits per heavy atom. The summed E-state index contributed by atoms with van der Waals surface area (Å²) in [5, 5.41) is 3.01. The van der Waals surface area contributed by atoms with E-state index in [0.29, 0.717) is 56.2 Å². The second-order valence-corrected chi connectivity index (χ2v) is 6.47. The molecule has 2 aliphatic rings. The number of likely N-dealkylation sites (tertiary alicyclic amines) is 1. The normalized spacial score (nSPS) is 18.9. The van der Waals surface area contributed by atoms with E-state index in [9.17, 15) is 9.18 Å². The van der Waals surface area contributed by atoms with Crippen LogP contribution in [0, 0.1) is 5.82 Å². The van der Waals surface area contributed by atoms with Gasteiger partial charge in [0.15, 0.2) is 5.79 Å². The van der Waals surface area contributed by atoms with Gasteiger partial charge in [-0.15, -0.1) is 0 Å². The Labute approximate surface area is 150 Å². The fourth-order valence-electron chi connectivity index (χ4n) is 3.33. The molecule has 0 saturated carbocycles. The van der Waals surface area contributed by atoms with Crippen molar-refractivity contribution in [3.05, 3.63) is 54.0 Å². The molecule has 6 nitrogen and oxygen atoms in total. The van der Waals surface area contributed by atoms with Crippen LogP contribution in [-0.2, 0) is 9.47 Å². The molecule has 0 unspecified atom stereocenters. The quantitative estimate of drug-likeness (QED) is 0.915. The number of hydrogen-bond donors (Lipinski definition) is 1. The molecule has 2 aliphatic heterocycles. The highest BCUT2D eigenvalue weighted by molar-refractivity contribution is 5.94. The van der Waals surface area contributed by atoms with Gasteiger partial charge in [0.1, 0.15) is 11.6 Å². The molecule has 7 heteroatoms. The zero-order valence-corrected chi connectivity index (χ0v) is 14.3.